The van der Waals surface area contributed by atoms with Gasteiger partial charge in [0.1, 0.15) is 11.1 Å². The van der Waals surface area contributed by atoms with Crippen LogP contribution in [0.25, 0.3) is 11.0 Å². The molecule has 146 valence electrons. The summed E-state index contributed by atoms with van der Waals surface area (Å²) in [5.74, 6) is -1.33. The summed E-state index contributed by atoms with van der Waals surface area (Å²) in [5, 5.41) is 8.04. The molecule has 8 nitrogen and oxygen atoms in total. The first-order valence-electron chi connectivity index (χ1n) is 8.55. The molecule has 2 heterocycles. The Morgan fingerprint density at radius 3 is 2.62 bits per heavy atom. The van der Waals surface area contributed by atoms with Crippen molar-refractivity contribution in [1.82, 2.24) is 10.6 Å². The fraction of sp³-hybridized carbons (Fsp3) is 0.100. The molecule has 1 atom stereocenters. The average Bonchev–Trinajstić information content (AvgIpc) is 2.94. The van der Waals surface area contributed by atoms with E-state index in [1.807, 2.05) is 0 Å². The highest BCUT2D eigenvalue weighted by Crippen LogP contribution is 2.27. The van der Waals surface area contributed by atoms with Crippen molar-refractivity contribution in [3.05, 3.63) is 75.1 Å². The minimum Gasteiger partial charge on any atom is -0.451 e. The van der Waals surface area contributed by atoms with E-state index in [0.717, 1.165) is 6.07 Å². The molecule has 1 aliphatic heterocycles. The first kappa shape index (κ1) is 18.7. The topological polar surface area (TPSA) is 118 Å². The summed E-state index contributed by atoms with van der Waals surface area (Å²) in [6, 6.07) is 11.5. The van der Waals surface area contributed by atoms with Gasteiger partial charge in [-0.2, -0.15) is 0 Å². The maximum Gasteiger partial charge on any atom is 0.322 e. The lowest BCUT2D eigenvalue weighted by Crippen LogP contribution is -2.40. The highest BCUT2D eigenvalue weighted by Gasteiger charge is 2.43. The number of benzene rings is 2. The van der Waals surface area contributed by atoms with Crippen molar-refractivity contribution in [2.75, 3.05) is 5.32 Å². The van der Waals surface area contributed by atoms with Gasteiger partial charge in [0.15, 0.2) is 11.2 Å². The zero-order chi connectivity index (χ0) is 20.8. The van der Waals surface area contributed by atoms with Crippen LogP contribution in [0.5, 0.6) is 0 Å². The second kappa shape index (κ2) is 6.75. The fourth-order valence-corrected chi connectivity index (χ4v) is 3.25. The lowest BCUT2D eigenvalue weighted by Gasteiger charge is -2.21. The van der Waals surface area contributed by atoms with Crippen LogP contribution in [0.1, 0.15) is 23.0 Å². The third kappa shape index (κ3) is 3.34. The summed E-state index contributed by atoms with van der Waals surface area (Å²) in [6.07, 6.45) is 0. The second-order valence-corrected chi connectivity index (χ2v) is 7.12. The van der Waals surface area contributed by atoms with Gasteiger partial charge in [-0.3, -0.25) is 19.7 Å². The molecule has 9 heteroatoms. The number of nitrogens with one attached hydrogen (secondary N) is 3. The molecule has 1 fully saturated rings. The molecule has 1 aromatic heterocycles. The number of imide groups is 1. The van der Waals surface area contributed by atoms with Gasteiger partial charge in [-0.1, -0.05) is 23.7 Å². The lowest BCUT2D eigenvalue weighted by atomic mass is 9.92. The minimum atomic E-state index is -1.26. The smallest absolute Gasteiger partial charge is 0.322 e. The van der Waals surface area contributed by atoms with Gasteiger partial charge < -0.3 is 15.1 Å². The van der Waals surface area contributed by atoms with E-state index < -0.39 is 23.4 Å². The summed E-state index contributed by atoms with van der Waals surface area (Å²) in [6.45, 7) is 1.56. The number of fused-ring (bicyclic) bond motifs is 1. The molecule has 0 aliphatic carbocycles. The van der Waals surface area contributed by atoms with E-state index in [1.165, 1.54) is 12.1 Å². The van der Waals surface area contributed by atoms with Crippen LogP contribution < -0.4 is 21.4 Å². The van der Waals surface area contributed by atoms with Crippen molar-refractivity contribution >= 4 is 46.1 Å². The van der Waals surface area contributed by atoms with E-state index in [0.29, 0.717) is 21.7 Å². The number of hydrogen-bond donors (Lipinski definition) is 3. The zero-order valence-electron chi connectivity index (χ0n) is 15.0. The third-order valence-electron chi connectivity index (χ3n) is 4.66. The van der Waals surface area contributed by atoms with Crippen LogP contribution in [0.15, 0.2) is 57.7 Å². The Morgan fingerprint density at radius 1 is 1.10 bits per heavy atom. The van der Waals surface area contributed by atoms with Gasteiger partial charge in [0.25, 0.3) is 11.8 Å². The molecular formula is C20H14ClN3O5. The Hall–Kier alpha value is -3.65. The maximum atomic E-state index is 12.6. The Balaban J connectivity index is 1.64. The number of halogens is 1. The summed E-state index contributed by atoms with van der Waals surface area (Å²) in [4.78, 5) is 48.4. The van der Waals surface area contributed by atoms with E-state index in [9.17, 15) is 19.2 Å². The number of hydrogen-bond acceptors (Lipinski definition) is 5. The first-order valence-corrected chi connectivity index (χ1v) is 8.93. The predicted octanol–water partition coefficient (Wildman–Crippen LogP) is 2.75. The number of anilines is 1. The molecule has 3 aromatic rings. The van der Waals surface area contributed by atoms with Crippen LogP contribution >= 0.6 is 11.6 Å². The van der Waals surface area contributed by atoms with Crippen LogP contribution in [0.4, 0.5) is 10.5 Å². The summed E-state index contributed by atoms with van der Waals surface area (Å²) in [5.41, 5.74) is -0.604. The molecule has 3 N–H and O–H groups in total. The number of rotatable bonds is 3. The number of carbonyl (C=O) groups excluding carboxylic acids is 3. The highest BCUT2D eigenvalue weighted by atomic mass is 35.5. The molecule has 2 aromatic carbocycles. The minimum absolute atomic E-state index is 0.187. The number of amides is 4. The van der Waals surface area contributed by atoms with Gasteiger partial charge in [0, 0.05) is 22.8 Å². The van der Waals surface area contributed by atoms with Crippen molar-refractivity contribution in [1.29, 1.82) is 0 Å². The van der Waals surface area contributed by atoms with E-state index >= 15 is 0 Å². The Bertz CT molecular complexity index is 1250. The molecule has 29 heavy (non-hydrogen) atoms. The van der Waals surface area contributed by atoms with Crippen LogP contribution in [-0.2, 0) is 10.3 Å². The SMILES string of the molecule is CC1(c2cccc(NC(=O)c3cc(=O)c4ccc(Cl)cc4o3)c2)NC(=O)NC1=O. The van der Waals surface area contributed by atoms with E-state index in [2.05, 4.69) is 16.0 Å². The molecular weight excluding hydrogens is 398 g/mol. The normalized spacial score (nSPS) is 18.4. The van der Waals surface area contributed by atoms with Gasteiger partial charge in [-0.15, -0.1) is 0 Å². The monoisotopic (exact) mass is 411 g/mol. The van der Waals surface area contributed by atoms with E-state index in [1.54, 1.807) is 37.3 Å². The summed E-state index contributed by atoms with van der Waals surface area (Å²) < 4.78 is 5.52. The van der Waals surface area contributed by atoms with Crippen LogP contribution in [0.2, 0.25) is 5.02 Å². The number of carbonyl (C=O) groups is 3. The van der Waals surface area contributed by atoms with Crippen molar-refractivity contribution in [2.45, 2.75) is 12.5 Å². The van der Waals surface area contributed by atoms with E-state index in [4.69, 9.17) is 16.0 Å². The van der Waals surface area contributed by atoms with Crippen molar-refractivity contribution in [2.24, 2.45) is 0 Å². The average molecular weight is 412 g/mol. The Kier molecular flexibility index (Phi) is 4.35. The molecule has 0 saturated carbocycles. The molecule has 1 aliphatic rings. The van der Waals surface area contributed by atoms with Crippen LogP contribution in [0, 0.1) is 0 Å². The molecule has 0 bridgehead atoms. The number of urea groups is 1. The van der Waals surface area contributed by atoms with Gasteiger partial charge in [0.05, 0.1) is 5.39 Å². The first-order chi connectivity index (χ1) is 13.8. The maximum absolute atomic E-state index is 12.6. The van der Waals surface area contributed by atoms with Crippen LogP contribution in [0.3, 0.4) is 0 Å². The standard InChI is InChI=1S/C20H14ClN3O5/c1-20(18(27)23-19(28)24-20)10-3-2-4-12(7-10)22-17(26)16-9-14(25)13-6-5-11(21)8-15(13)29-16/h2-9H,1H3,(H,22,26)(H2,23,24,27,28). The zero-order valence-corrected chi connectivity index (χ0v) is 15.8. The predicted molar refractivity (Wildman–Crippen MR) is 106 cm³/mol. The molecule has 0 spiro atoms. The fourth-order valence-electron chi connectivity index (χ4n) is 3.09. The third-order valence-corrected chi connectivity index (χ3v) is 4.89. The van der Waals surface area contributed by atoms with Gasteiger partial charge in [-0.25, -0.2) is 4.79 Å². The van der Waals surface area contributed by atoms with Gasteiger partial charge in [-0.05, 0) is 36.8 Å². The molecule has 1 saturated heterocycles. The largest absolute Gasteiger partial charge is 0.451 e. The van der Waals surface area contributed by atoms with Crippen molar-refractivity contribution < 1.29 is 18.8 Å². The molecule has 4 amide bonds. The summed E-state index contributed by atoms with van der Waals surface area (Å²) >= 11 is 5.92. The van der Waals surface area contributed by atoms with Crippen LogP contribution in [-0.4, -0.2) is 17.8 Å². The molecule has 0 radical (unpaired) electrons. The second-order valence-electron chi connectivity index (χ2n) is 6.68. The highest BCUT2D eigenvalue weighted by molar-refractivity contribution is 6.31. The summed E-state index contributed by atoms with van der Waals surface area (Å²) in [7, 11) is 0. The van der Waals surface area contributed by atoms with Crippen molar-refractivity contribution in [3.63, 3.8) is 0 Å². The van der Waals surface area contributed by atoms with Gasteiger partial charge >= 0.3 is 6.03 Å². The lowest BCUT2D eigenvalue weighted by molar-refractivity contribution is -0.123. The van der Waals surface area contributed by atoms with E-state index in [-0.39, 0.29) is 16.8 Å². The Labute approximate surface area is 168 Å². The molecule has 1 unspecified atom stereocenters. The van der Waals surface area contributed by atoms with Gasteiger partial charge in [0.2, 0.25) is 0 Å². The van der Waals surface area contributed by atoms with Crippen molar-refractivity contribution in [3.8, 4) is 0 Å². The Morgan fingerprint density at radius 2 is 1.90 bits per heavy atom. The molecule has 4 rings (SSSR count). The quantitative estimate of drug-likeness (QED) is 0.573.